The summed E-state index contributed by atoms with van der Waals surface area (Å²) in [5, 5.41) is 0.324. The van der Waals surface area contributed by atoms with Crippen LogP contribution in [0.1, 0.15) is 4.88 Å². The fourth-order valence-corrected chi connectivity index (χ4v) is 4.12. The van der Waals surface area contributed by atoms with Gasteiger partial charge in [-0.05, 0) is 36.8 Å². The number of nitrogens with one attached hydrogen (secondary N) is 1. The first-order valence-corrected chi connectivity index (χ1v) is 8.73. The highest BCUT2D eigenvalue weighted by Crippen LogP contribution is 2.23. The second-order valence-corrected chi connectivity index (χ2v) is 8.01. The van der Waals surface area contributed by atoms with Crippen molar-refractivity contribution in [1.82, 2.24) is 4.72 Å². The summed E-state index contributed by atoms with van der Waals surface area (Å²) in [4.78, 5) is 1.01. The summed E-state index contributed by atoms with van der Waals surface area (Å²) in [5.41, 5.74) is 5.84. The molecule has 0 bridgehead atoms. The van der Waals surface area contributed by atoms with Gasteiger partial charge in [0.05, 0.1) is 10.0 Å². The van der Waals surface area contributed by atoms with Crippen LogP contribution in [0.5, 0.6) is 0 Å². The molecular formula is C12H12Cl2N2O2S2. The van der Waals surface area contributed by atoms with E-state index in [1.54, 1.807) is 12.1 Å². The van der Waals surface area contributed by atoms with E-state index in [0.717, 1.165) is 4.88 Å². The third kappa shape index (κ3) is 3.86. The van der Waals surface area contributed by atoms with Crippen molar-refractivity contribution in [2.45, 2.75) is 11.3 Å². The molecule has 0 unspecified atom stereocenters. The summed E-state index contributed by atoms with van der Waals surface area (Å²) in [6.45, 7) is 0.269. The van der Waals surface area contributed by atoms with Crippen LogP contribution in [0.25, 0.3) is 0 Å². The van der Waals surface area contributed by atoms with Crippen LogP contribution >= 0.6 is 34.5 Å². The molecule has 0 amide bonds. The number of anilines is 1. The topological polar surface area (TPSA) is 72.2 Å². The Bertz CT molecular complexity index is 714. The molecule has 0 aliphatic carbocycles. The van der Waals surface area contributed by atoms with Crippen molar-refractivity contribution < 1.29 is 8.42 Å². The van der Waals surface area contributed by atoms with Gasteiger partial charge in [-0.1, -0.05) is 23.2 Å². The van der Waals surface area contributed by atoms with Crippen LogP contribution in [-0.2, 0) is 16.4 Å². The van der Waals surface area contributed by atoms with Crippen molar-refractivity contribution in [3.8, 4) is 0 Å². The maximum Gasteiger partial charge on any atom is 0.242 e. The van der Waals surface area contributed by atoms with Crippen LogP contribution < -0.4 is 10.5 Å². The van der Waals surface area contributed by atoms with Gasteiger partial charge in [0.25, 0.3) is 0 Å². The molecule has 1 aromatic carbocycles. The molecule has 0 spiro atoms. The SMILES string of the molecule is Nc1ccc(Cl)cc1S(=O)(=O)NCCc1ccc(Cl)s1. The molecule has 0 radical (unpaired) electrons. The molecule has 0 aliphatic rings. The summed E-state index contributed by atoms with van der Waals surface area (Å²) in [6.07, 6.45) is 0.567. The Kier molecular flexibility index (Phi) is 4.93. The van der Waals surface area contributed by atoms with E-state index in [9.17, 15) is 8.42 Å². The third-order valence-corrected chi connectivity index (χ3v) is 5.60. The maximum atomic E-state index is 12.1. The summed E-state index contributed by atoms with van der Waals surface area (Å²) in [5.74, 6) is 0. The zero-order chi connectivity index (χ0) is 14.8. The lowest BCUT2D eigenvalue weighted by Crippen LogP contribution is -2.26. The van der Waals surface area contributed by atoms with Gasteiger partial charge in [-0.25, -0.2) is 13.1 Å². The standard InChI is InChI=1S/C12H12Cl2N2O2S2/c13-8-1-3-10(15)11(7-8)20(17,18)16-6-5-9-2-4-12(14)19-9/h1-4,7,16H,5-6,15H2. The minimum Gasteiger partial charge on any atom is -0.398 e. The number of benzene rings is 1. The van der Waals surface area contributed by atoms with Gasteiger partial charge in [-0.15, -0.1) is 11.3 Å². The predicted octanol–water partition coefficient (Wildman–Crippen LogP) is 3.16. The van der Waals surface area contributed by atoms with Gasteiger partial charge in [-0.3, -0.25) is 0 Å². The minimum atomic E-state index is -3.66. The first kappa shape index (κ1) is 15.6. The van der Waals surface area contributed by atoms with Crippen LogP contribution in [0.15, 0.2) is 35.2 Å². The second kappa shape index (κ2) is 6.32. The lowest BCUT2D eigenvalue weighted by Gasteiger charge is -2.09. The highest BCUT2D eigenvalue weighted by atomic mass is 35.5. The van der Waals surface area contributed by atoms with E-state index < -0.39 is 10.0 Å². The van der Waals surface area contributed by atoms with E-state index in [4.69, 9.17) is 28.9 Å². The Balaban J connectivity index is 2.06. The normalized spacial score (nSPS) is 11.7. The minimum absolute atomic E-state index is 0.00536. The first-order valence-electron chi connectivity index (χ1n) is 5.67. The number of nitrogen functional groups attached to an aromatic ring is 1. The van der Waals surface area contributed by atoms with Gasteiger partial charge >= 0.3 is 0 Å². The molecule has 2 aromatic rings. The molecule has 1 aromatic heterocycles. The molecule has 0 saturated carbocycles. The van der Waals surface area contributed by atoms with Crippen molar-refractivity contribution in [2.24, 2.45) is 0 Å². The summed E-state index contributed by atoms with van der Waals surface area (Å²) in [6, 6.07) is 8.00. The number of sulfonamides is 1. The Morgan fingerprint density at radius 2 is 1.95 bits per heavy atom. The van der Waals surface area contributed by atoms with E-state index in [-0.39, 0.29) is 17.1 Å². The zero-order valence-corrected chi connectivity index (χ0v) is 13.4. The fraction of sp³-hybridized carbons (Fsp3) is 0.167. The van der Waals surface area contributed by atoms with E-state index in [1.165, 1.54) is 23.5 Å². The van der Waals surface area contributed by atoms with Gasteiger partial charge in [0.15, 0.2) is 0 Å². The van der Waals surface area contributed by atoms with E-state index in [2.05, 4.69) is 4.72 Å². The van der Waals surface area contributed by atoms with Gasteiger partial charge < -0.3 is 5.73 Å². The zero-order valence-electron chi connectivity index (χ0n) is 10.3. The summed E-state index contributed by atoms with van der Waals surface area (Å²) < 4.78 is 27.4. The van der Waals surface area contributed by atoms with E-state index >= 15 is 0 Å². The highest BCUT2D eigenvalue weighted by molar-refractivity contribution is 7.89. The van der Waals surface area contributed by atoms with Gasteiger partial charge in [0, 0.05) is 16.4 Å². The monoisotopic (exact) mass is 350 g/mol. The van der Waals surface area contributed by atoms with Crippen molar-refractivity contribution in [3.05, 3.63) is 44.6 Å². The van der Waals surface area contributed by atoms with Crippen molar-refractivity contribution in [2.75, 3.05) is 12.3 Å². The number of hydrogen-bond donors (Lipinski definition) is 2. The molecule has 2 rings (SSSR count). The average molecular weight is 351 g/mol. The molecular weight excluding hydrogens is 339 g/mol. The van der Waals surface area contributed by atoms with Crippen LogP contribution in [-0.4, -0.2) is 15.0 Å². The highest BCUT2D eigenvalue weighted by Gasteiger charge is 2.17. The summed E-state index contributed by atoms with van der Waals surface area (Å²) in [7, 11) is -3.66. The molecule has 0 fully saturated rings. The first-order chi connectivity index (χ1) is 9.38. The molecule has 8 heteroatoms. The van der Waals surface area contributed by atoms with Gasteiger partial charge in [-0.2, -0.15) is 0 Å². The predicted molar refractivity (Wildman–Crippen MR) is 84.1 cm³/mol. The molecule has 0 aliphatic heterocycles. The van der Waals surface area contributed by atoms with Crippen LogP contribution in [0, 0.1) is 0 Å². The van der Waals surface area contributed by atoms with Crippen molar-refractivity contribution in [1.29, 1.82) is 0 Å². The van der Waals surface area contributed by atoms with Crippen molar-refractivity contribution in [3.63, 3.8) is 0 Å². The van der Waals surface area contributed by atoms with Crippen LogP contribution in [0.3, 0.4) is 0 Å². The molecule has 0 saturated heterocycles. The largest absolute Gasteiger partial charge is 0.398 e. The summed E-state index contributed by atoms with van der Waals surface area (Å²) >= 11 is 13.0. The molecule has 0 atom stereocenters. The number of rotatable bonds is 5. The van der Waals surface area contributed by atoms with Gasteiger partial charge in [0.2, 0.25) is 10.0 Å². The second-order valence-electron chi connectivity index (χ2n) is 4.04. The Hall–Kier alpha value is -0.790. The number of thiophene rings is 1. The van der Waals surface area contributed by atoms with Crippen molar-refractivity contribution >= 4 is 50.2 Å². The Morgan fingerprint density at radius 3 is 2.60 bits per heavy atom. The smallest absolute Gasteiger partial charge is 0.242 e. The lowest BCUT2D eigenvalue weighted by molar-refractivity contribution is 0.582. The molecule has 1 heterocycles. The number of halogens is 2. The van der Waals surface area contributed by atoms with Crippen LogP contribution in [0.2, 0.25) is 9.36 Å². The lowest BCUT2D eigenvalue weighted by atomic mass is 10.3. The average Bonchev–Trinajstić information content (AvgIpc) is 2.78. The Labute approximate surface area is 131 Å². The number of nitrogens with two attached hydrogens (primary N) is 1. The quantitative estimate of drug-likeness (QED) is 0.813. The molecule has 20 heavy (non-hydrogen) atoms. The van der Waals surface area contributed by atoms with E-state index in [0.29, 0.717) is 15.8 Å². The number of hydrogen-bond acceptors (Lipinski definition) is 4. The van der Waals surface area contributed by atoms with E-state index in [1.807, 2.05) is 6.07 Å². The third-order valence-electron chi connectivity index (χ3n) is 2.56. The van der Waals surface area contributed by atoms with Crippen LogP contribution in [0.4, 0.5) is 5.69 Å². The van der Waals surface area contributed by atoms with Gasteiger partial charge in [0.1, 0.15) is 4.90 Å². The molecule has 3 N–H and O–H groups in total. The maximum absolute atomic E-state index is 12.1. The molecule has 108 valence electrons. The Morgan fingerprint density at radius 1 is 1.20 bits per heavy atom. The molecule has 4 nitrogen and oxygen atoms in total. The fourth-order valence-electron chi connectivity index (χ4n) is 1.61.